The van der Waals surface area contributed by atoms with Crippen LogP contribution in [0.3, 0.4) is 0 Å². The Bertz CT molecular complexity index is 1430. The van der Waals surface area contributed by atoms with E-state index in [4.69, 9.17) is 47.9 Å². The minimum absolute atomic E-state index is 0.0508. The van der Waals surface area contributed by atoms with Crippen molar-refractivity contribution in [3.05, 3.63) is 105 Å². The number of halogens is 2. The van der Waals surface area contributed by atoms with Crippen LogP contribution in [0.2, 0.25) is 10.0 Å². The molecule has 1 aliphatic heterocycles. The van der Waals surface area contributed by atoms with Crippen molar-refractivity contribution < 1.29 is 23.7 Å². The normalized spacial score (nSPS) is 14.2. The molecule has 0 amide bonds. The molecule has 0 saturated heterocycles. The number of fused-ring (bicyclic) bond motifs is 1. The number of carbonyl (C=O) groups is 1. The van der Waals surface area contributed by atoms with Crippen LogP contribution in [0.25, 0.3) is 0 Å². The molecule has 0 radical (unpaired) electrons. The van der Waals surface area contributed by atoms with Crippen molar-refractivity contribution in [2.75, 3.05) is 13.7 Å². The van der Waals surface area contributed by atoms with Gasteiger partial charge in [-0.15, -0.1) is 0 Å². The molecule has 0 bridgehead atoms. The van der Waals surface area contributed by atoms with Gasteiger partial charge in [-0.2, -0.15) is 5.26 Å². The van der Waals surface area contributed by atoms with Crippen LogP contribution >= 0.6 is 23.2 Å². The molecule has 4 rings (SSSR count). The van der Waals surface area contributed by atoms with Crippen molar-refractivity contribution in [2.45, 2.75) is 5.92 Å². The molecule has 1 atom stereocenters. The monoisotopic (exact) mass is 522 g/mol. The molecule has 182 valence electrons. The van der Waals surface area contributed by atoms with Gasteiger partial charge in [0.1, 0.15) is 29.7 Å². The molecule has 0 aromatic heterocycles. The minimum atomic E-state index is -0.662. The van der Waals surface area contributed by atoms with E-state index in [2.05, 4.69) is 12.6 Å². The molecule has 3 aromatic carbocycles. The predicted molar refractivity (Wildman–Crippen MR) is 136 cm³/mol. The predicted octanol–water partition coefficient (Wildman–Crippen LogP) is 6.00. The standard InChI is InChI=1S/C27H20Cl2N2O5/c1-3-10-34-22-9-4-15(11-24(22)33-2)25-19-8-6-17(13-23(19)36-26(31)20(25)14-30)35-27(32)18-7-5-16(28)12-21(18)29/h3-9,11-13,25H,1,10,31H2,2H3. The fourth-order valence-electron chi connectivity index (χ4n) is 3.79. The van der Waals surface area contributed by atoms with E-state index < -0.39 is 11.9 Å². The van der Waals surface area contributed by atoms with E-state index in [-0.39, 0.29) is 27.8 Å². The summed E-state index contributed by atoms with van der Waals surface area (Å²) in [4.78, 5) is 12.6. The Kier molecular flexibility index (Phi) is 7.39. The van der Waals surface area contributed by atoms with Gasteiger partial charge in [-0.25, -0.2) is 4.79 Å². The zero-order chi connectivity index (χ0) is 25.8. The number of esters is 1. The highest BCUT2D eigenvalue weighted by atomic mass is 35.5. The van der Waals surface area contributed by atoms with Gasteiger partial charge < -0.3 is 24.7 Å². The maximum absolute atomic E-state index is 12.6. The van der Waals surface area contributed by atoms with Crippen molar-refractivity contribution in [3.8, 4) is 29.1 Å². The molecule has 3 aromatic rings. The van der Waals surface area contributed by atoms with E-state index in [0.29, 0.717) is 34.4 Å². The molecule has 7 nitrogen and oxygen atoms in total. The lowest BCUT2D eigenvalue weighted by Gasteiger charge is -2.27. The number of benzene rings is 3. The number of nitrogens with zero attached hydrogens (tertiary/aromatic N) is 1. The highest BCUT2D eigenvalue weighted by Crippen LogP contribution is 2.45. The van der Waals surface area contributed by atoms with Crippen LogP contribution in [-0.2, 0) is 0 Å². The van der Waals surface area contributed by atoms with Crippen LogP contribution in [-0.4, -0.2) is 19.7 Å². The highest BCUT2D eigenvalue weighted by molar-refractivity contribution is 6.36. The Morgan fingerprint density at radius 3 is 2.67 bits per heavy atom. The molecule has 0 spiro atoms. The van der Waals surface area contributed by atoms with Gasteiger partial charge in [0.15, 0.2) is 11.5 Å². The third-order valence-corrected chi connectivity index (χ3v) is 5.98. The topological polar surface area (TPSA) is 104 Å². The first-order chi connectivity index (χ1) is 17.4. The Morgan fingerprint density at radius 2 is 1.97 bits per heavy atom. The summed E-state index contributed by atoms with van der Waals surface area (Å²) in [5, 5.41) is 10.4. The third kappa shape index (κ3) is 4.96. The molecule has 1 aliphatic rings. The summed E-state index contributed by atoms with van der Waals surface area (Å²) in [5.74, 6) is 0.319. The number of ether oxygens (including phenoxy) is 4. The highest BCUT2D eigenvalue weighted by Gasteiger charge is 2.32. The second-order valence-electron chi connectivity index (χ2n) is 7.65. The fourth-order valence-corrected chi connectivity index (χ4v) is 4.28. The molecule has 2 N–H and O–H groups in total. The van der Waals surface area contributed by atoms with Gasteiger partial charge in [-0.3, -0.25) is 0 Å². The zero-order valence-corrected chi connectivity index (χ0v) is 20.6. The average Bonchev–Trinajstić information content (AvgIpc) is 2.86. The molecule has 0 aliphatic carbocycles. The maximum Gasteiger partial charge on any atom is 0.345 e. The molecular weight excluding hydrogens is 503 g/mol. The number of hydrogen-bond acceptors (Lipinski definition) is 7. The molecular formula is C27H20Cl2N2O5. The van der Waals surface area contributed by atoms with Crippen LogP contribution in [0.15, 0.2) is 78.7 Å². The van der Waals surface area contributed by atoms with Gasteiger partial charge in [0.05, 0.1) is 23.6 Å². The van der Waals surface area contributed by atoms with Crippen molar-refractivity contribution in [3.63, 3.8) is 0 Å². The van der Waals surface area contributed by atoms with Crippen molar-refractivity contribution in [1.29, 1.82) is 5.26 Å². The Balaban J connectivity index is 1.69. The fraction of sp³-hybridized carbons (Fsp3) is 0.111. The lowest BCUT2D eigenvalue weighted by Crippen LogP contribution is -2.21. The summed E-state index contributed by atoms with van der Waals surface area (Å²) in [7, 11) is 1.53. The first-order valence-electron chi connectivity index (χ1n) is 10.7. The number of methoxy groups -OCH3 is 1. The SMILES string of the molecule is C=CCOc1ccc(C2C(C#N)=C(N)Oc3cc(OC(=O)c4ccc(Cl)cc4Cl)ccc32)cc1OC. The summed E-state index contributed by atoms with van der Waals surface area (Å²) in [5.41, 5.74) is 7.90. The van der Waals surface area contributed by atoms with Gasteiger partial charge >= 0.3 is 5.97 Å². The molecule has 36 heavy (non-hydrogen) atoms. The summed E-state index contributed by atoms with van der Waals surface area (Å²) in [6.45, 7) is 3.96. The summed E-state index contributed by atoms with van der Waals surface area (Å²) in [6, 6.07) is 16.8. The van der Waals surface area contributed by atoms with Crippen LogP contribution in [0.1, 0.15) is 27.4 Å². The molecule has 0 fully saturated rings. The van der Waals surface area contributed by atoms with Gasteiger partial charge in [0.25, 0.3) is 0 Å². The number of carbonyl (C=O) groups excluding carboxylic acids is 1. The van der Waals surface area contributed by atoms with Crippen molar-refractivity contribution in [1.82, 2.24) is 0 Å². The van der Waals surface area contributed by atoms with Crippen molar-refractivity contribution >= 4 is 29.2 Å². The Labute approximate surface area is 217 Å². The Hall–Kier alpha value is -4.12. The van der Waals surface area contributed by atoms with E-state index in [9.17, 15) is 10.1 Å². The van der Waals surface area contributed by atoms with E-state index in [0.717, 1.165) is 5.56 Å². The van der Waals surface area contributed by atoms with Gasteiger partial charge in [-0.05, 0) is 42.0 Å². The van der Waals surface area contributed by atoms with Crippen LogP contribution in [0.4, 0.5) is 0 Å². The summed E-state index contributed by atoms with van der Waals surface area (Å²) in [6.07, 6.45) is 1.63. The number of nitriles is 1. The smallest absolute Gasteiger partial charge is 0.345 e. The first-order valence-corrected chi connectivity index (χ1v) is 11.4. The number of nitrogens with two attached hydrogens (primary N) is 1. The second kappa shape index (κ2) is 10.6. The van der Waals surface area contributed by atoms with Gasteiger partial charge in [-0.1, -0.05) is 48.0 Å². The molecule has 9 heteroatoms. The lowest BCUT2D eigenvalue weighted by molar-refractivity contribution is 0.0734. The minimum Gasteiger partial charge on any atom is -0.493 e. The molecule has 0 saturated carbocycles. The number of rotatable bonds is 7. The molecule has 1 unspecified atom stereocenters. The van der Waals surface area contributed by atoms with E-state index in [1.165, 1.54) is 25.3 Å². The van der Waals surface area contributed by atoms with Crippen LogP contribution in [0, 0.1) is 11.3 Å². The van der Waals surface area contributed by atoms with Gasteiger partial charge in [0.2, 0.25) is 5.88 Å². The average molecular weight is 523 g/mol. The summed E-state index contributed by atoms with van der Waals surface area (Å²) >= 11 is 12.0. The third-order valence-electron chi connectivity index (χ3n) is 5.43. The lowest BCUT2D eigenvalue weighted by atomic mass is 9.83. The zero-order valence-electron chi connectivity index (χ0n) is 19.1. The molecule has 1 heterocycles. The van der Waals surface area contributed by atoms with Crippen molar-refractivity contribution in [2.24, 2.45) is 5.73 Å². The number of allylic oxidation sites excluding steroid dienone is 1. The Morgan fingerprint density at radius 1 is 1.17 bits per heavy atom. The number of hydrogen-bond donors (Lipinski definition) is 1. The van der Waals surface area contributed by atoms with Gasteiger partial charge in [0, 0.05) is 16.7 Å². The van der Waals surface area contributed by atoms with E-state index >= 15 is 0 Å². The van der Waals surface area contributed by atoms with Crippen LogP contribution < -0.4 is 24.7 Å². The van der Waals surface area contributed by atoms with E-state index in [1.807, 2.05) is 6.07 Å². The summed E-state index contributed by atoms with van der Waals surface area (Å²) < 4.78 is 22.3. The van der Waals surface area contributed by atoms with E-state index in [1.54, 1.807) is 36.4 Å². The van der Waals surface area contributed by atoms with Crippen LogP contribution in [0.5, 0.6) is 23.0 Å². The second-order valence-corrected chi connectivity index (χ2v) is 8.49. The quantitative estimate of drug-likeness (QED) is 0.230. The maximum atomic E-state index is 12.6. The first kappa shape index (κ1) is 25.0. The largest absolute Gasteiger partial charge is 0.493 e.